The third kappa shape index (κ3) is 3.57. The van der Waals surface area contributed by atoms with Crippen molar-refractivity contribution < 1.29 is 4.79 Å². The maximum absolute atomic E-state index is 12.3. The molecule has 1 N–H and O–H groups in total. The summed E-state index contributed by atoms with van der Waals surface area (Å²) in [6, 6.07) is 20.6. The molecule has 3 aromatic heterocycles. The SMILES string of the molecule is CCn1c2ccccc2c2cc(/C=C/C(=O)NCCc3nnc4ccccn34)ccc21. The maximum Gasteiger partial charge on any atom is 0.244 e. The Morgan fingerprint density at radius 2 is 1.84 bits per heavy atom. The molecule has 0 spiro atoms. The van der Waals surface area contributed by atoms with Crippen LogP contribution in [0.15, 0.2) is 72.9 Å². The fourth-order valence-electron chi connectivity index (χ4n) is 4.11. The molecule has 0 atom stereocenters. The van der Waals surface area contributed by atoms with Crippen LogP contribution in [-0.4, -0.2) is 31.6 Å². The Kier molecular flexibility index (Phi) is 4.96. The molecular formula is C25H23N5O. The van der Waals surface area contributed by atoms with Crippen molar-refractivity contribution in [3.8, 4) is 0 Å². The molecule has 0 bridgehead atoms. The van der Waals surface area contributed by atoms with Crippen molar-refractivity contribution in [3.63, 3.8) is 0 Å². The number of carbonyl (C=O) groups excluding carboxylic acids is 1. The Balaban J connectivity index is 1.28. The molecule has 0 fully saturated rings. The molecule has 5 aromatic rings. The quantitative estimate of drug-likeness (QED) is 0.427. The highest BCUT2D eigenvalue weighted by Gasteiger charge is 2.09. The molecule has 5 rings (SSSR count). The van der Waals surface area contributed by atoms with Gasteiger partial charge in [0.1, 0.15) is 5.82 Å². The van der Waals surface area contributed by atoms with Crippen LogP contribution in [0.2, 0.25) is 0 Å². The Labute approximate surface area is 179 Å². The van der Waals surface area contributed by atoms with E-state index < -0.39 is 0 Å². The monoisotopic (exact) mass is 409 g/mol. The molecule has 0 saturated carbocycles. The second-order valence-electron chi connectivity index (χ2n) is 7.46. The second kappa shape index (κ2) is 8.07. The van der Waals surface area contributed by atoms with Crippen LogP contribution in [-0.2, 0) is 17.8 Å². The van der Waals surface area contributed by atoms with E-state index >= 15 is 0 Å². The molecule has 1 amide bonds. The number of para-hydroxylation sites is 1. The Morgan fingerprint density at radius 3 is 2.74 bits per heavy atom. The minimum absolute atomic E-state index is 0.120. The minimum atomic E-state index is -0.120. The summed E-state index contributed by atoms with van der Waals surface area (Å²) in [5.74, 6) is 0.711. The van der Waals surface area contributed by atoms with Gasteiger partial charge in [-0.15, -0.1) is 10.2 Å². The van der Waals surface area contributed by atoms with Crippen LogP contribution in [0.1, 0.15) is 18.3 Å². The fourth-order valence-corrected chi connectivity index (χ4v) is 4.11. The summed E-state index contributed by atoms with van der Waals surface area (Å²) in [7, 11) is 0. The van der Waals surface area contributed by atoms with E-state index in [1.165, 1.54) is 21.8 Å². The van der Waals surface area contributed by atoms with E-state index in [0.29, 0.717) is 13.0 Å². The van der Waals surface area contributed by atoms with Crippen molar-refractivity contribution in [3.05, 3.63) is 84.3 Å². The van der Waals surface area contributed by atoms with Crippen molar-refractivity contribution in [1.29, 1.82) is 0 Å². The van der Waals surface area contributed by atoms with Gasteiger partial charge >= 0.3 is 0 Å². The number of aromatic nitrogens is 4. The lowest BCUT2D eigenvalue weighted by molar-refractivity contribution is -0.116. The smallest absolute Gasteiger partial charge is 0.244 e. The summed E-state index contributed by atoms with van der Waals surface area (Å²) in [5.41, 5.74) is 4.26. The summed E-state index contributed by atoms with van der Waals surface area (Å²) in [6.07, 6.45) is 5.99. The first-order valence-corrected chi connectivity index (χ1v) is 10.5. The molecular weight excluding hydrogens is 386 g/mol. The number of nitrogens with one attached hydrogen (secondary N) is 1. The Bertz CT molecular complexity index is 1430. The number of hydrogen-bond acceptors (Lipinski definition) is 3. The molecule has 0 radical (unpaired) electrons. The second-order valence-corrected chi connectivity index (χ2v) is 7.46. The standard InChI is InChI=1S/C25H23N5O/c1-2-29-21-8-4-3-7-19(21)20-17-18(10-12-22(20)29)11-13-25(31)26-15-14-24-28-27-23-9-5-6-16-30(23)24/h3-13,16-17H,2,14-15H2,1H3,(H,26,31)/b13-11+. The lowest BCUT2D eigenvalue weighted by Crippen LogP contribution is -2.24. The third-order valence-electron chi connectivity index (χ3n) is 5.57. The van der Waals surface area contributed by atoms with E-state index in [-0.39, 0.29) is 5.91 Å². The van der Waals surface area contributed by atoms with Crippen LogP contribution in [0.25, 0.3) is 33.5 Å². The van der Waals surface area contributed by atoms with Crippen molar-refractivity contribution >= 4 is 39.4 Å². The summed E-state index contributed by atoms with van der Waals surface area (Å²) in [6.45, 7) is 3.58. The van der Waals surface area contributed by atoms with Crippen molar-refractivity contribution in [2.75, 3.05) is 6.54 Å². The van der Waals surface area contributed by atoms with Gasteiger partial charge in [-0.1, -0.05) is 30.3 Å². The third-order valence-corrected chi connectivity index (χ3v) is 5.57. The van der Waals surface area contributed by atoms with Gasteiger partial charge in [0, 0.05) is 53.6 Å². The molecule has 6 heteroatoms. The van der Waals surface area contributed by atoms with Gasteiger partial charge in [0.05, 0.1) is 0 Å². The number of carbonyl (C=O) groups is 1. The van der Waals surface area contributed by atoms with Gasteiger partial charge in [0.25, 0.3) is 0 Å². The van der Waals surface area contributed by atoms with Gasteiger partial charge in [-0.2, -0.15) is 0 Å². The van der Waals surface area contributed by atoms with Gasteiger partial charge in [-0.25, -0.2) is 0 Å². The van der Waals surface area contributed by atoms with Crippen molar-refractivity contribution in [2.24, 2.45) is 0 Å². The number of pyridine rings is 1. The minimum Gasteiger partial charge on any atom is -0.352 e. The molecule has 0 aliphatic heterocycles. The van der Waals surface area contributed by atoms with E-state index in [2.05, 4.69) is 69.5 Å². The zero-order chi connectivity index (χ0) is 21.2. The van der Waals surface area contributed by atoms with Crippen LogP contribution in [0.3, 0.4) is 0 Å². The van der Waals surface area contributed by atoms with Crippen molar-refractivity contribution in [2.45, 2.75) is 19.9 Å². The number of benzene rings is 2. The summed E-state index contributed by atoms with van der Waals surface area (Å²) in [4.78, 5) is 12.3. The summed E-state index contributed by atoms with van der Waals surface area (Å²) < 4.78 is 4.25. The normalized spacial score (nSPS) is 11.8. The van der Waals surface area contributed by atoms with Gasteiger partial charge in [-0.3, -0.25) is 9.20 Å². The lowest BCUT2D eigenvalue weighted by atomic mass is 10.1. The molecule has 0 unspecified atom stereocenters. The predicted molar refractivity (Wildman–Crippen MR) is 124 cm³/mol. The Hall–Kier alpha value is -3.93. The maximum atomic E-state index is 12.3. The number of nitrogens with zero attached hydrogens (tertiary/aromatic N) is 4. The topological polar surface area (TPSA) is 64.2 Å². The largest absolute Gasteiger partial charge is 0.352 e. The van der Waals surface area contributed by atoms with E-state index in [1.807, 2.05) is 34.9 Å². The molecule has 0 aliphatic carbocycles. The number of amides is 1. The van der Waals surface area contributed by atoms with Crippen LogP contribution in [0.5, 0.6) is 0 Å². The molecule has 31 heavy (non-hydrogen) atoms. The first kappa shape index (κ1) is 19.1. The highest BCUT2D eigenvalue weighted by Crippen LogP contribution is 2.29. The van der Waals surface area contributed by atoms with Gasteiger partial charge in [-0.05, 0) is 48.9 Å². The predicted octanol–water partition coefficient (Wildman–Crippen LogP) is 4.23. The average molecular weight is 409 g/mol. The van der Waals surface area contributed by atoms with E-state index in [4.69, 9.17) is 0 Å². The van der Waals surface area contributed by atoms with Gasteiger partial charge in [0.15, 0.2) is 5.65 Å². The van der Waals surface area contributed by atoms with Gasteiger partial charge < -0.3 is 9.88 Å². The average Bonchev–Trinajstić information content (AvgIpc) is 3.36. The first-order chi connectivity index (χ1) is 15.2. The highest BCUT2D eigenvalue weighted by atomic mass is 16.1. The van der Waals surface area contributed by atoms with Crippen LogP contribution >= 0.6 is 0 Å². The molecule has 0 saturated heterocycles. The Morgan fingerprint density at radius 1 is 1.00 bits per heavy atom. The van der Waals surface area contributed by atoms with E-state index in [1.54, 1.807) is 6.08 Å². The molecule has 2 aromatic carbocycles. The lowest BCUT2D eigenvalue weighted by Gasteiger charge is -2.03. The molecule has 3 heterocycles. The number of hydrogen-bond donors (Lipinski definition) is 1. The fraction of sp³-hybridized carbons (Fsp3) is 0.160. The van der Waals surface area contributed by atoms with Crippen LogP contribution < -0.4 is 5.32 Å². The number of fused-ring (bicyclic) bond motifs is 4. The van der Waals surface area contributed by atoms with Crippen molar-refractivity contribution in [1.82, 2.24) is 24.5 Å². The number of aryl methyl sites for hydroxylation is 1. The van der Waals surface area contributed by atoms with E-state index in [0.717, 1.165) is 23.6 Å². The molecule has 0 aliphatic rings. The van der Waals surface area contributed by atoms with Gasteiger partial charge in [0.2, 0.25) is 5.91 Å². The summed E-state index contributed by atoms with van der Waals surface area (Å²) >= 11 is 0. The first-order valence-electron chi connectivity index (χ1n) is 10.5. The molecule has 6 nitrogen and oxygen atoms in total. The highest BCUT2D eigenvalue weighted by molar-refractivity contribution is 6.08. The van der Waals surface area contributed by atoms with Crippen LogP contribution in [0, 0.1) is 0 Å². The zero-order valence-electron chi connectivity index (χ0n) is 17.3. The van der Waals surface area contributed by atoms with Crippen LogP contribution in [0.4, 0.5) is 0 Å². The molecule has 154 valence electrons. The summed E-state index contributed by atoms with van der Waals surface area (Å²) in [5, 5.41) is 13.7. The number of rotatable bonds is 6. The zero-order valence-corrected chi connectivity index (χ0v) is 17.3. The van der Waals surface area contributed by atoms with E-state index in [9.17, 15) is 4.79 Å².